The lowest BCUT2D eigenvalue weighted by atomic mass is 10.0. The summed E-state index contributed by atoms with van der Waals surface area (Å²) < 4.78 is 14.8. The molecule has 6 nitrogen and oxygen atoms in total. The molecule has 0 saturated carbocycles. The molecule has 0 bridgehead atoms. The van der Waals surface area contributed by atoms with Gasteiger partial charge in [0.25, 0.3) is 0 Å². The Morgan fingerprint density at radius 1 is 1.00 bits per heavy atom. The highest BCUT2D eigenvalue weighted by atomic mass is 16.5. The van der Waals surface area contributed by atoms with E-state index in [2.05, 4.69) is 4.74 Å². The van der Waals surface area contributed by atoms with Crippen LogP contribution >= 0.6 is 0 Å². The second-order valence-corrected chi connectivity index (χ2v) is 4.58. The molecule has 0 spiro atoms. The average Bonchev–Trinajstić information content (AvgIpc) is 2.52. The van der Waals surface area contributed by atoms with Gasteiger partial charge in [-0.3, -0.25) is 9.59 Å². The van der Waals surface area contributed by atoms with Crippen molar-refractivity contribution in [1.29, 1.82) is 0 Å². The Hall–Kier alpha value is -2.37. The summed E-state index contributed by atoms with van der Waals surface area (Å²) in [6.45, 7) is 1.71. The molecule has 0 aliphatic rings. The van der Waals surface area contributed by atoms with Crippen LogP contribution in [0.5, 0.6) is 11.5 Å². The van der Waals surface area contributed by atoms with E-state index in [4.69, 9.17) is 9.47 Å². The summed E-state index contributed by atoms with van der Waals surface area (Å²) >= 11 is 0. The first-order valence-electron chi connectivity index (χ1n) is 6.93. The van der Waals surface area contributed by atoms with Gasteiger partial charge in [0.1, 0.15) is 17.3 Å². The second-order valence-electron chi connectivity index (χ2n) is 4.58. The molecule has 6 heteroatoms. The first kappa shape index (κ1) is 17.7. The Balaban J connectivity index is 2.57. The molecule has 0 atom stereocenters. The summed E-state index contributed by atoms with van der Waals surface area (Å²) in [5.74, 6) is -0.817. The maximum absolute atomic E-state index is 11.8. The number of ketones is 2. The van der Waals surface area contributed by atoms with Gasteiger partial charge in [-0.2, -0.15) is 0 Å². The molecule has 0 fully saturated rings. The maximum Gasteiger partial charge on any atom is 0.375 e. The van der Waals surface area contributed by atoms with Gasteiger partial charge in [-0.1, -0.05) is 0 Å². The molecule has 0 saturated heterocycles. The van der Waals surface area contributed by atoms with Crippen molar-refractivity contribution in [2.75, 3.05) is 20.8 Å². The fourth-order valence-corrected chi connectivity index (χ4v) is 1.85. The minimum absolute atomic E-state index is 0.113. The Morgan fingerprint density at radius 3 is 2.09 bits per heavy atom. The van der Waals surface area contributed by atoms with Crippen molar-refractivity contribution in [1.82, 2.24) is 0 Å². The van der Waals surface area contributed by atoms with Crippen LogP contribution in [0.15, 0.2) is 18.2 Å². The van der Waals surface area contributed by atoms with Crippen molar-refractivity contribution in [2.24, 2.45) is 0 Å². The number of carbonyl (C=O) groups excluding carboxylic acids is 3. The Morgan fingerprint density at radius 2 is 1.59 bits per heavy atom. The molecule has 0 aromatic heterocycles. The zero-order chi connectivity index (χ0) is 16.5. The van der Waals surface area contributed by atoms with Gasteiger partial charge >= 0.3 is 5.97 Å². The number of hydrogen-bond acceptors (Lipinski definition) is 6. The third kappa shape index (κ3) is 5.55. The zero-order valence-corrected chi connectivity index (χ0v) is 13.0. The van der Waals surface area contributed by atoms with Crippen molar-refractivity contribution in [3.63, 3.8) is 0 Å². The average molecular weight is 308 g/mol. The molecule has 1 aromatic carbocycles. The summed E-state index contributed by atoms with van der Waals surface area (Å²) in [5, 5.41) is 0. The van der Waals surface area contributed by atoms with Gasteiger partial charge in [0.05, 0.1) is 27.2 Å². The molecule has 0 N–H and O–H groups in total. The predicted octanol–water partition coefficient (Wildman–Crippen LogP) is 1.73. The normalized spacial score (nSPS) is 9.95. The number of benzene rings is 1. The fourth-order valence-electron chi connectivity index (χ4n) is 1.85. The van der Waals surface area contributed by atoms with E-state index in [1.54, 1.807) is 39.3 Å². The zero-order valence-electron chi connectivity index (χ0n) is 13.0. The number of rotatable bonds is 9. The van der Waals surface area contributed by atoms with E-state index in [0.717, 1.165) is 5.56 Å². The summed E-state index contributed by atoms with van der Waals surface area (Å²) in [6.07, 6.45) is 0.157. The van der Waals surface area contributed by atoms with Crippen molar-refractivity contribution in [3.8, 4) is 11.5 Å². The van der Waals surface area contributed by atoms with E-state index in [1.807, 2.05) is 0 Å². The topological polar surface area (TPSA) is 78.9 Å². The van der Waals surface area contributed by atoms with Gasteiger partial charge in [-0.15, -0.1) is 0 Å². The first-order valence-corrected chi connectivity index (χ1v) is 6.93. The summed E-state index contributed by atoms with van der Waals surface area (Å²) in [4.78, 5) is 34.3. The van der Waals surface area contributed by atoms with Crippen LogP contribution in [-0.4, -0.2) is 38.4 Å². The van der Waals surface area contributed by atoms with Crippen LogP contribution in [0.2, 0.25) is 0 Å². The molecule has 0 unspecified atom stereocenters. The van der Waals surface area contributed by atoms with E-state index in [0.29, 0.717) is 17.9 Å². The number of ether oxygens (including phenoxy) is 3. The lowest BCUT2D eigenvalue weighted by Gasteiger charge is -2.08. The van der Waals surface area contributed by atoms with Crippen molar-refractivity contribution in [2.45, 2.75) is 26.2 Å². The molecular formula is C16H20O6. The number of carbonyl (C=O) groups is 3. The monoisotopic (exact) mass is 308 g/mol. The highest BCUT2D eigenvalue weighted by molar-refractivity contribution is 6.37. The smallest absolute Gasteiger partial charge is 0.375 e. The van der Waals surface area contributed by atoms with Gasteiger partial charge < -0.3 is 14.2 Å². The minimum atomic E-state index is -0.959. The van der Waals surface area contributed by atoms with Gasteiger partial charge in [0.15, 0.2) is 0 Å². The molecular weight excluding hydrogens is 288 g/mol. The first-order chi connectivity index (χ1) is 10.5. The van der Waals surface area contributed by atoms with Crippen molar-refractivity contribution >= 4 is 17.5 Å². The largest absolute Gasteiger partial charge is 0.497 e. The molecule has 22 heavy (non-hydrogen) atoms. The molecule has 1 aromatic rings. The summed E-state index contributed by atoms with van der Waals surface area (Å²) in [7, 11) is 3.09. The van der Waals surface area contributed by atoms with Gasteiger partial charge in [0, 0.05) is 12.5 Å². The van der Waals surface area contributed by atoms with Gasteiger partial charge in [-0.25, -0.2) is 4.79 Å². The number of methoxy groups -OCH3 is 2. The molecule has 0 amide bonds. The number of aryl methyl sites for hydroxylation is 1. The lowest BCUT2D eigenvalue weighted by molar-refractivity contribution is -0.154. The van der Waals surface area contributed by atoms with Crippen LogP contribution in [0.1, 0.15) is 25.3 Å². The number of hydrogen-bond donors (Lipinski definition) is 0. The molecule has 0 aliphatic heterocycles. The standard InChI is InChI=1S/C16H20O6/c1-4-22-16(19)15(18)9-12(17)6-5-11-7-13(20-2)10-14(8-11)21-3/h7-8,10H,4-6,9H2,1-3H3. The van der Waals surface area contributed by atoms with E-state index < -0.39 is 18.2 Å². The van der Waals surface area contributed by atoms with Crippen LogP contribution in [-0.2, 0) is 25.5 Å². The van der Waals surface area contributed by atoms with Gasteiger partial charge in [0.2, 0.25) is 5.78 Å². The fraction of sp³-hybridized carbons (Fsp3) is 0.438. The van der Waals surface area contributed by atoms with E-state index in [-0.39, 0.29) is 18.8 Å². The lowest BCUT2D eigenvalue weighted by Crippen LogP contribution is -2.20. The minimum Gasteiger partial charge on any atom is -0.497 e. The van der Waals surface area contributed by atoms with Crippen LogP contribution in [0.4, 0.5) is 0 Å². The molecule has 0 radical (unpaired) electrons. The predicted molar refractivity (Wildman–Crippen MR) is 79.1 cm³/mol. The second kappa shape index (κ2) is 8.81. The number of Topliss-reactive ketones (excluding diaryl/α,β-unsaturated/α-hetero) is 2. The van der Waals surface area contributed by atoms with Crippen LogP contribution in [0.25, 0.3) is 0 Å². The molecule has 0 heterocycles. The van der Waals surface area contributed by atoms with Crippen molar-refractivity contribution in [3.05, 3.63) is 23.8 Å². The van der Waals surface area contributed by atoms with Crippen LogP contribution in [0.3, 0.4) is 0 Å². The molecule has 120 valence electrons. The van der Waals surface area contributed by atoms with Crippen molar-refractivity contribution < 1.29 is 28.6 Å². The maximum atomic E-state index is 11.8. The third-order valence-corrected chi connectivity index (χ3v) is 2.96. The molecule has 1 rings (SSSR count). The molecule has 0 aliphatic carbocycles. The highest BCUT2D eigenvalue weighted by Crippen LogP contribution is 2.23. The van der Waals surface area contributed by atoms with Gasteiger partial charge in [-0.05, 0) is 31.0 Å². The van der Waals surface area contributed by atoms with Crippen LogP contribution in [0, 0.1) is 0 Å². The Labute approximate surface area is 129 Å². The third-order valence-electron chi connectivity index (χ3n) is 2.96. The van der Waals surface area contributed by atoms with E-state index in [1.165, 1.54) is 0 Å². The quantitative estimate of drug-likeness (QED) is 0.393. The van der Waals surface area contributed by atoms with E-state index >= 15 is 0 Å². The number of esters is 1. The Kier molecular flexibility index (Phi) is 7.08. The van der Waals surface area contributed by atoms with E-state index in [9.17, 15) is 14.4 Å². The van der Waals surface area contributed by atoms with Crippen LogP contribution < -0.4 is 9.47 Å². The summed E-state index contributed by atoms with van der Waals surface area (Å²) in [5.41, 5.74) is 0.855. The SMILES string of the molecule is CCOC(=O)C(=O)CC(=O)CCc1cc(OC)cc(OC)c1. The summed E-state index contributed by atoms with van der Waals surface area (Å²) in [6, 6.07) is 5.32. The highest BCUT2D eigenvalue weighted by Gasteiger charge is 2.18. The Bertz CT molecular complexity index is 527.